The van der Waals surface area contributed by atoms with Gasteiger partial charge in [0.25, 0.3) is 11.4 Å². The lowest BCUT2D eigenvalue weighted by molar-refractivity contribution is -0.385. The highest BCUT2D eigenvalue weighted by molar-refractivity contribution is 7.80. The zero-order valence-electron chi connectivity index (χ0n) is 12.4. The number of anilines is 2. The van der Waals surface area contributed by atoms with Gasteiger partial charge in [-0.05, 0) is 24.4 Å². The first kappa shape index (κ1) is 17.1. The van der Waals surface area contributed by atoms with Gasteiger partial charge < -0.3 is 15.4 Å². The van der Waals surface area contributed by atoms with Crippen molar-refractivity contribution in [3.8, 4) is 5.75 Å². The highest BCUT2D eigenvalue weighted by Crippen LogP contribution is 2.29. The van der Waals surface area contributed by atoms with Crippen LogP contribution in [0.5, 0.6) is 5.75 Å². The van der Waals surface area contributed by atoms with Crippen molar-refractivity contribution in [2.24, 2.45) is 0 Å². The molecule has 24 heavy (non-hydrogen) atoms. The number of nitrogens with zero attached hydrogens (tertiary/aromatic N) is 2. The molecule has 2 aromatic carbocycles. The second kappa shape index (κ2) is 7.33. The van der Waals surface area contributed by atoms with Gasteiger partial charge in [-0.3, -0.25) is 20.2 Å². The Balaban J connectivity index is 2.14. The lowest BCUT2D eigenvalue weighted by Gasteiger charge is -2.13. The quantitative estimate of drug-likeness (QED) is 0.480. The second-order valence-electron chi connectivity index (χ2n) is 4.53. The summed E-state index contributed by atoms with van der Waals surface area (Å²) >= 11 is 5.14. The maximum atomic E-state index is 10.8. The smallest absolute Gasteiger partial charge is 0.273 e. The van der Waals surface area contributed by atoms with Gasteiger partial charge in [-0.25, -0.2) is 0 Å². The fourth-order valence-corrected chi connectivity index (χ4v) is 2.11. The predicted molar refractivity (Wildman–Crippen MR) is 92.6 cm³/mol. The number of hydrogen-bond donors (Lipinski definition) is 2. The molecule has 0 saturated carbocycles. The maximum absolute atomic E-state index is 10.8. The molecule has 10 heteroatoms. The summed E-state index contributed by atoms with van der Waals surface area (Å²) < 4.78 is 5.09. The first-order valence-corrected chi connectivity index (χ1v) is 6.96. The lowest BCUT2D eigenvalue weighted by atomic mass is 10.2. The first-order chi connectivity index (χ1) is 11.4. The van der Waals surface area contributed by atoms with E-state index in [-0.39, 0.29) is 22.2 Å². The minimum Gasteiger partial charge on any atom is -0.494 e. The highest BCUT2D eigenvalue weighted by Gasteiger charge is 2.13. The van der Waals surface area contributed by atoms with E-state index < -0.39 is 9.85 Å². The van der Waals surface area contributed by atoms with Crippen LogP contribution >= 0.6 is 12.2 Å². The van der Waals surface area contributed by atoms with Gasteiger partial charge in [0, 0.05) is 23.9 Å². The molecule has 124 valence electrons. The average molecular weight is 348 g/mol. The summed E-state index contributed by atoms with van der Waals surface area (Å²) in [6, 6.07) is 9.86. The van der Waals surface area contributed by atoms with E-state index in [1.807, 2.05) is 0 Å². The van der Waals surface area contributed by atoms with Crippen molar-refractivity contribution in [3.63, 3.8) is 0 Å². The zero-order chi connectivity index (χ0) is 17.7. The Labute approximate surface area is 141 Å². The minimum atomic E-state index is -0.536. The van der Waals surface area contributed by atoms with Crippen LogP contribution < -0.4 is 15.4 Å². The molecule has 0 fully saturated rings. The van der Waals surface area contributed by atoms with Crippen molar-refractivity contribution in [2.75, 3.05) is 17.7 Å². The van der Waals surface area contributed by atoms with Gasteiger partial charge in [-0.15, -0.1) is 0 Å². The molecule has 9 nitrogen and oxygen atoms in total. The van der Waals surface area contributed by atoms with Crippen LogP contribution in [0.1, 0.15) is 0 Å². The third-order valence-corrected chi connectivity index (χ3v) is 3.16. The van der Waals surface area contributed by atoms with E-state index >= 15 is 0 Å². The third-order valence-electron chi connectivity index (χ3n) is 2.96. The molecule has 0 aliphatic carbocycles. The van der Waals surface area contributed by atoms with Crippen LogP contribution in [-0.2, 0) is 0 Å². The largest absolute Gasteiger partial charge is 0.494 e. The van der Waals surface area contributed by atoms with Gasteiger partial charge in [0.1, 0.15) is 5.75 Å². The van der Waals surface area contributed by atoms with E-state index in [1.54, 1.807) is 6.07 Å². The van der Waals surface area contributed by atoms with E-state index in [4.69, 9.17) is 17.0 Å². The number of rotatable bonds is 5. The third kappa shape index (κ3) is 4.14. The number of nitrogens with one attached hydrogen (secondary N) is 2. The zero-order valence-corrected chi connectivity index (χ0v) is 13.2. The summed E-state index contributed by atoms with van der Waals surface area (Å²) in [5.41, 5.74) is 0.666. The van der Waals surface area contributed by atoms with Gasteiger partial charge in [0.05, 0.1) is 28.7 Å². The van der Waals surface area contributed by atoms with E-state index in [0.29, 0.717) is 11.4 Å². The first-order valence-electron chi connectivity index (χ1n) is 6.55. The molecule has 0 spiro atoms. The molecule has 2 rings (SSSR count). The normalized spacial score (nSPS) is 9.88. The number of nitro benzene ring substituents is 2. The predicted octanol–water partition coefficient (Wildman–Crippen LogP) is 3.32. The summed E-state index contributed by atoms with van der Waals surface area (Å²) in [7, 11) is 1.38. The van der Waals surface area contributed by atoms with E-state index in [9.17, 15) is 20.2 Å². The molecule has 0 aliphatic heterocycles. The van der Waals surface area contributed by atoms with Crippen molar-refractivity contribution in [1.82, 2.24) is 0 Å². The maximum Gasteiger partial charge on any atom is 0.273 e. The minimum absolute atomic E-state index is 0.0734. The van der Waals surface area contributed by atoms with Crippen molar-refractivity contribution < 1.29 is 14.6 Å². The van der Waals surface area contributed by atoms with Gasteiger partial charge in [0.15, 0.2) is 5.11 Å². The highest BCUT2D eigenvalue weighted by atomic mass is 32.1. The lowest BCUT2D eigenvalue weighted by Crippen LogP contribution is -2.19. The van der Waals surface area contributed by atoms with Crippen LogP contribution in [0.3, 0.4) is 0 Å². The van der Waals surface area contributed by atoms with Crippen LogP contribution in [0.4, 0.5) is 22.7 Å². The Morgan fingerprint density at radius 1 is 1.04 bits per heavy atom. The summed E-state index contributed by atoms with van der Waals surface area (Å²) in [5.74, 6) is 0.243. The summed E-state index contributed by atoms with van der Waals surface area (Å²) in [4.78, 5) is 20.5. The van der Waals surface area contributed by atoms with Crippen LogP contribution in [0.25, 0.3) is 0 Å². The molecule has 2 aromatic rings. The number of thiocarbonyl (C=S) groups is 1. The molecule has 0 aliphatic rings. The van der Waals surface area contributed by atoms with Crippen LogP contribution in [0, 0.1) is 20.2 Å². The molecule has 0 atom stereocenters. The van der Waals surface area contributed by atoms with E-state index in [0.717, 1.165) is 0 Å². The van der Waals surface area contributed by atoms with Crippen molar-refractivity contribution in [2.45, 2.75) is 0 Å². The van der Waals surface area contributed by atoms with E-state index in [2.05, 4.69) is 10.6 Å². The van der Waals surface area contributed by atoms with Gasteiger partial charge in [-0.1, -0.05) is 6.07 Å². The Hall–Kier alpha value is -3.27. The van der Waals surface area contributed by atoms with Gasteiger partial charge in [-0.2, -0.15) is 0 Å². The van der Waals surface area contributed by atoms with E-state index in [1.165, 1.54) is 43.5 Å². The Kier molecular flexibility index (Phi) is 5.22. The molecule has 0 saturated heterocycles. The molecule has 2 N–H and O–H groups in total. The van der Waals surface area contributed by atoms with Crippen LogP contribution in [-0.4, -0.2) is 22.1 Å². The standard InChI is InChI=1S/C14H12N4O5S/c1-23-13-8-11(18(21)22)5-6-12(13)16-14(24)15-9-3-2-4-10(7-9)17(19)20/h2-8H,1H3,(H2,15,16,24). The Bertz CT molecular complexity index is 812. The van der Waals surface area contributed by atoms with Crippen molar-refractivity contribution in [3.05, 3.63) is 62.7 Å². The molecule has 0 aromatic heterocycles. The fourth-order valence-electron chi connectivity index (χ4n) is 1.88. The topological polar surface area (TPSA) is 120 Å². The number of hydrogen-bond acceptors (Lipinski definition) is 6. The molecular formula is C14H12N4O5S. The molecular weight excluding hydrogens is 336 g/mol. The number of non-ortho nitro benzene ring substituents is 2. The molecule has 0 heterocycles. The summed E-state index contributed by atoms with van der Waals surface area (Å²) in [6.45, 7) is 0. The molecule has 0 bridgehead atoms. The molecule has 0 amide bonds. The monoisotopic (exact) mass is 348 g/mol. The number of methoxy groups -OCH3 is 1. The van der Waals surface area contributed by atoms with Gasteiger partial charge in [0.2, 0.25) is 0 Å². The summed E-state index contributed by atoms with van der Waals surface area (Å²) in [5, 5.41) is 27.3. The Morgan fingerprint density at radius 2 is 1.71 bits per heavy atom. The number of nitro groups is 2. The van der Waals surface area contributed by atoms with Crippen molar-refractivity contribution >= 4 is 40.1 Å². The van der Waals surface area contributed by atoms with Crippen molar-refractivity contribution in [1.29, 1.82) is 0 Å². The second-order valence-corrected chi connectivity index (χ2v) is 4.94. The summed E-state index contributed by atoms with van der Waals surface area (Å²) in [6.07, 6.45) is 0. The van der Waals surface area contributed by atoms with Gasteiger partial charge >= 0.3 is 0 Å². The van der Waals surface area contributed by atoms with Crippen LogP contribution in [0.2, 0.25) is 0 Å². The SMILES string of the molecule is COc1cc([N+](=O)[O-])ccc1NC(=S)Nc1cccc([N+](=O)[O-])c1. The molecule has 0 unspecified atom stereocenters. The van der Waals surface area contributed by atoms with Crippen LogP contribution in [0.15, 0.2) is 42.5 Å². The number of ether oxygens (including phenoxy) is 1. The Morgan fingerprint density at radius 3 is 2.33 bits per heavy atom. The molecule has 0 radical (unpaired) electrons. The fraction of sp³-hybridized carbons (Fsp3) is 0.0714. The average Bonchev–Trinajstić information content (AvgIpc) is 2.55. The number of benzene rings is 2.